The number of rotatable bonds is 12. The number of ketones is 1. The predicted molar refractivity (Wildman–Crippen MR) is 109 cm³/mol. The molecule has 5 heteroatoms. The first-order valence-electron chi connectivity index (χ1n) is 10.6. The molecule has 0 saturated carbocycles. The molecule has 28 heavy (non-hydrogen) atoms. The normalized spacial score (nSPS) is 26.1. The molecule has 2 bridgehead atoms. The van der Waals surface area contributed by atoms with Crippen LogP contribution < -0.4 is 0 Å². The highest BCUT2D eigenvalue weighted by molar-refractivity contribution is 6.03. The van der Waals surface area contributed by atoms with Gasteiger partial charge in [-0.3, -0.25) is 14.6 Å². The third-order valence-electron chi connectivity index (χ3n) is 6.09. The second kappa shape index (κ2) is 10.5. The van der Waals surface area contributed by atoms with Crippen LogP contribution in [0.15, 0.2) is 35.3 Å². The van der Waals surface area contributed by atoms with Gasteiger partial charge in [-0.2, -0.15) is 0 Å². The first kappa shape index (κ1) is 20.7. The second-order valence-corrected chi connectivity index (χ2v) is 8.01. The molecule has 1 aromatic carbocycles. The van der Waals surface area contributed by atoms with Crippen molar-refractivity contribution in [3.05, 3.63) is 35.9 Å². The zero-order valence-electron chi connectivity index (χ0n) is 16.5. The van der Waals surface area contributed by atoms with Crippen molar-refractivity contribution >= 4 is 18.0 Å². The van der Waals surface area contributed by atoms with E-state index in [-0.39, 0.29) is 12.2 Å². The molecule has 0 amide bonds. The van der Waals surface area contributed by atoms with Crippen molar-refractivity contribution in [1.82, 2.24) is 0 Å². The number of fused-ring (bicyclic) bond motifs is 2. The van der Waals surface area contributed by atoms with Crippen LogP contribution >= 0.6 is 0 Å². The van der Waals surface area contributed by atoms with Gasteiger partial charge in [0.15, 0.2) is 5.78 Å². The maximum absolute atomic E-state index is 12.1. The van der Waals surface area contributed by atoms with Gasteiger partial charge in [-0.25, -0.2) is 0 Å². The van der Waals surface area contributed by atoms with Crippen molar-refractivity contribution in [2.75, 3.05) is 6.54 Å². The lowest BCUT2D eigenvalue weighted by Crippen LogP contribution is -2.29. The van der Waals surface area contributed by atoms with E-state index < -0.39 is 5.97 Å². The van der Waals surface area contributed by atoms with Crippen molar-refractivity contribution in [2.45, 2.75) is 70.0 Å². The number of unbranched alkanes of at least 4 members (excludes halogenated alkanes) is 3. The van der Waals surface area contributed by atoms with E-state index in [9.17, 15) is 9.59 Å². The zero-order chi connectivity index (χ0) is 19.8. The summed E-state index contributed by atoms with van der Waals surface area (Å²) < 4.78 is 6.14. The van der Waals surface area contributed by atoms with E-state index >= 15 is 0 Å². The van der Waals surface area contributed by atoms with Crippen LogP contribution in [0.4, 0.5) is 0 Å². The Bertz CT molecular complexity index is 672. The summed E-state index contributed by atoms with van der Waals surface area (Å²) in [6.45, 7) is 0.743. The average Bonchev–Trinajstić information content (AvgIpc) is 3.30. The highest BCUT2D eigenvalue weighted by Crippen LogP contribution is 2.45. The summed E-state index contributed by atoms with van der Waals surface area (Å²) in [4.78, 5) is 27.3. The number of benzene rings is 1. The number of ether oxygens (including phenoxy) is 1. The number of nitrogens with zero attached hydrogens (tertiary/aromatic N) is 1. The lowest BCUT2D eigenvalue weighted by Gasteiger charge is -2.26. The Balaban J connectivity index is 1.40. The van der Waals surface area contributed by atoms with Crippen molar-refractivity contribution < 1.29 is 19.4 Å². The van der Waals surface area contributed by atoms with Crippen molar-refractivity contribution in [3.63, 3.8) is 0 Å². The molecule has 0 spiro atoms. The van der Waals surface area contributed by atoms with Crippen LogP contribution in [0.25, 0.3) is 0 Å². The largest absolute Gasteiger partial charge is 0.481 e. The Morgan fingerprint density at radius 3 is 2.50 bits per heavy atom. The summed E-state index contributed by atoms with van der Waals surface area (Å²) >= 11 is 0. The summed E-state index contributed by atoms with van der Waals surface area (Å²) in [7, 11) is 0. The molecule has 2 aliphatic rings. The molecular formula is C23H31NO4. The molecule has 2 saturated heterocycles. The average molecular weight is 386 g/mol. The standard InChI is InChI=1S/C23H31NO4/c25-20(17-8-4-3-5-9-17)14-15-24-16-19-18(21-12-13-22(19)28-21)10-6-1-2-7-11-23(26)27/h3-5,8-9,15,18-19,21-22H,1-2,6-7,10-14,16H2,(H,26,27). The van der Waals surface area contributed by atoms with E-state index in [4.69, 9.17) is 9.84 Å². The lowest BCUT2D eigenvalue weighted by molar-refractivity contribution is -0.137. The van der Waals surface area contributed by atoms with Crippen LogP contribution in [0.1, 0.15) is 68.1 Å². The molecule has 1 aromatic rings. The maximum atomic E-state index is 12.1. The predicted octanol–water partition coefficient (Wildman–Crippen LogP) is 4.55. The van der Waals surface area contributed by atoms with Gasteiger partial charge in [-0.15, -0.1) is 0 Å². The summed E-state index contributed by atoms with van der Waals surface area (Å²) in [6.07, 6.45) is 10.5. The van der Waals surface area contributed by atoms with Crippen molar-refractivity contribution in [3.8, 4) is 0 Å². The van der Waals surface area contributed by atoms with Gasteiger partial charge in [0.2, 0.25) is 0 Å². The van der Waals surface area contributed by atoms with Crippen LogP contribution in [-0.2, 0) is 9.53 Å². The number of hydrogen-bond donors (Lipinski definition) is 1. The molecule has 4 atom stereocenters. The van der Waals surface area contributed by atoms with Crippen LogP contribution in [0.2, 0.25) is 0 Å². The smallest absolute Gasteiger partial charge is 0.303 e. The fraction of sp³-hybridized carbons (Fsp3) is 0.609. The minimum Gasteiger partial charge on any atom is -0.481 e. The van der Waals surface area contributed by atoms with Crippen molar-refractivity contribution in [2.24, 2.45) is 16.8 Å². The minimum atomic E-state index is -0.704. The SMILES string of the molecule is O=C(O)CCCCCCC1C2CCC(O2)C1CN=CCC(=O)c1ccccc1. The van der Waals surface area contributed by atoms with Gasteiger partial charge in [-0.1, -0.05) is 49.6 Å². The van der Waals surface area contributed by atoms with Gasteiger partial charge in [0.25, 0.3) is 0 Å². The molecule has 3 rings (SSSR count). The van der Waals surface area contributed by atoms with E-state index in [0.717, 1.165) is 57.1 Å². The molecular weight excluding hydrogens is 354 g/mol. The molecule has 5 nitrogen and oxygen atoms in total. The van der Waals surface area contributed by atoms with Gasteiger partial charge in [0.05, 0.1) is 12.2 Å². The summed E-state index contributed by atoms with van der Waals surface area (Å²) in [5, 5.41) is 8.70. The minimum absolute atomic E-state index is 0.103. The first-order valence-corrected chi connectivity index (χ1v) is 10.6. The lowest BCUT2D eigenvalue weighted by atomic mass is 9.76. The monoisotopic (exact) mass is 385 g/mol. The number of aliphatic imine (C=N–C) groups is 1. The number of hydrogen-bond acceptors (Lipinski definition) is 4. The number of aliphatic carboxylic acids is 1. The Kier molecular flexibility index (Phi) is 7.78. The van der Waals surface area contributed by atoms with Crippen molar-refractivity contribution in [1.29, 1.82) is 0 Å². The summed E-state index contributed by atoms with van der Waals surface area (Å²) in [5.41, 5.74) is 0.734. The highest BCUT2D eigenvalue weighted by atomic mass is 16.5. The number of carboxylic acids is 1. The molecule has 2 fully saturated rings. The number of Topliss-reactive ketones (excluding diaryl/α,β-unsaturated/α-hetero) is 1. The van der Waals surface area contributed by atoms with Gasteiger partial charge in [0.1, 0.15) is 0 Å². The second-order valence-electron chi connectivity index (χ2n) is 8.01. The number of carbonyl (C=O) groups excluding carboxylic acids is 1. The maximum Gasteiger partial charge on any atom is 0.303 e. The van der Waals surface area contributed by atoms with E-state index in [1.54, 1.807) is 6.21 Å². The third kappa shape index (κ3) is 5.74. The fourth-order valence-corrected chi connectivity index (χ4v) is 4.62. The number of carboxylic acid groups (broad SMARTS) is 1. The van der Waals surface area contributed by atoms with Crippen LogP contribution in [-0.4, -0.2) is 41.8 Å². The zero-order valence-corrected chi connectivity index (χ0v) is 16.5. The molecule has 152 valence electrons. The number of carbonyl (C=O) groups is 2. The Labute approximate surface area is 167 Å². The molecule has 1 N–H and O–H groups in total. The van der Waals surface area contributed by atoms with E-state index in [1.807, 2.05) is 30.3 Å². The molecule has 4 unspecified atom stereocenters. The molecule has 2 aliphatic heterocycles. The van der Waals surface area contributed by atoms with Gasteiger partial charge in [-0.05, 0) is 31.6 Å². The Morgan fingerprint density at radius 1 is 1.04 bits per heavy atom. The van der Waals surface area contributed by atoms with Gasteiger partial charge >= 0.3 is 5.97 Å². The van der Waals surface area contributed by atoms with E-state index in [0.29, 0.717) is 30.5 Å². The summed E-state index contributed by atoms with van der Waals surface area (Å²) in [6, 6.07) is 9.34. The van der Waals surface area contributed by atoms with Crippen LogP contribution in [0.3, 0.4) is 0 Å². The van der Waals surface area contributed by atoms with Crippen LogP contribution in [0.5, 0.6) is 0 Å². The van der Waals surface area contributed by atoms with Gasteiger partial charge in [0, 0.05) is 37.1 Å². The van der Waals surface area contributed by atoms with E-state index in [2.05, 4.69) is 4.99 Å². The molecule has 0 aromatic heterocycles. The Hall–Kier alpha value is -2.01. The summed E-state index contributed by atoms with van der Waals surface area (Å²) in [5.74, 6) is 0.415. The highest BCUT2D eigenvalue weighted by Gasteiger charge is 2.47. The first-order chi connectivity index (χ1) is 13.6. The Morgan fingerprint density at radius 2 is 1.75 bits per heavy atom. The molecule has 0 radical (unpaired) electrons. The third-order valence-corrected chi connectivity index (χ3v) is 6.09. The van der Waals surface area contributed by atoms with E-state index in [1.165, 1.54) is 0 Å². The van der Waals surface area contributed by atoms with Gasteiger partial charge < -0.3 is 9.84 Å². The molecule has 2 heterocycles. The van der Waals surface area contributed by atoms with Crippen LogP contribution in [0, 0.1) is 11.8 Å². The quantitative estimate of drug-likeness (QED) is 0.325. The topological polar surface area (TPSA) is 76.0 Å². The fourth-order valence-electron chi connectivity index (χ4n) is 4.62. The molecule has 0 aliphatic carbocycles.